The summed E-state index contributed by atoms with van der Waals surface area (Å²) in [6.45, 7) is 2.36. The van der Waals surface area contributed by atoms with Crippen LogP contribution in [-0.2, 0) is 33.4 Å². The Balaban J connectivity index is 1.53. The first-order valence-corrected chi connectivity index (χ1v) is 9.31. The predicted octanol–water partition coefficient (Wildman–Crippen LogP) is 0.681. The highest BCUT2D eigenvalue weighted by Crippen LogP contribution is 2.55. The van der Waals surface area contributed by atoms with Gasteiger partial charge in [0.2, 0.25) is 18.6 Å². The molecule has 2 amide bonds. The van der Waals surface area contributed by atoms with Crippen molar-refractivity contribution < 1.29 is 42.9 Å². The van der Waals surface area contributed by atoms with E-state index in [1.165, 1.54) is 6.08 Å². The lowest BCUT2D eigenvalue weighted by molar-refractivity contribution is -0.226. The number of imide groups is 1. The highest BCUT2D eigenvalue weighted by molar-refractivity contribution is 6.23. The topological polar surface area (TPSA) is 118 Å². The van der Waals surface area contributed by atoms with Gasteiger partial charge in [-0.2, -0.15) is 0 Å². The molecule has 2 bridgehead atoms. The van der Waals surface area contributed by atoms with Crippen LogP contribution in [0, 0.1) is 11.8 Å². The van der Waals surface area contributed by atoms with Crippen molar-refractivity contribution in [2.24, 2.45) is 11.8 Å². The van der Waals surface area contributed by atoms with Gasteiger partial charge in [0.1, 0.15) is 0 Å². The standard InChI is InChI=1S/C20H17NO9/c1-9(22)28-19(29-10(2)23)20-6-5-13(30-20)15-16(20)18(25)21(17(15)24)11-3-4-12-14(7-11)27-8-26-12/h3-7,13,15-16,19H,8H2,1-2H3/t13-,15+,16-,20-/m1/s1. The van der Waals surface area contributed by atoms with Crippen LogP contribution >= 0.6 is 0 Å². The number of fused-ring (bicyclic) bond motifs is 6. The van der Waals surface area contributed by atoms with Crippen LogP contribution in [0.2, 0.25) is 0 Å². The Kier molecular flexibility index (Phi) is 3.91. The van der Waals surface area contributed by atoms with Crippen LogP contribution in [0.3, 0.4) is 0 Å². The molecule has 1 aromatic rings. The SMILES string of the molecule is CC(=O)OC(OC(C)=O)[C@]12C=C[C@@H](O1)[C@@H]1C(=O)N(c3ccc4c(c3)OCO4)C(=O)[C@@H]12. The average molecular weight is 415 g/mol. The first kappa shape index (κ1) is 18.6. The van der Waals surface area contributed by atoms with Crippen molar-refractivity contribution in [3.63, 3.8) is 0 Å². The summed E-state index contributed by atoms with van der Waals surface area (Å²) in [7, 11) is 0. The zero-order chi connectivity index (χ0) is 21.2. The molecule has 4 aliphatic rings. The Morgan fingerprint density at radius 3 is 2.50 bits per heavy atom. The average Bonchev–Trinajstić information content (AvgIpc) is 3.43. The molecule has 2 fully saturated rings. The van der Waals surface area contributed by atoms with E-state index in [0.717, 1.165) is 18.7 Å². The summed E-state index contributed by atoms with van der Waals surface area (Å²) in [5.74, 6) is -3.34. The first-order chi connectivity index (χ1) is 14.3. The number of benzene rings is 1. The van der Waals surface area contributed by atoms with E-state index < -0.39 is 53.6 Å². The molecule has 10 heteroatoms. The van der Waals surface area contributed by atoms with Gasteiger partial charge < -0.3 is 23.7 Å². The van der Waals surface area contributed by atoms with Crippen molar-refractivity contribution in [3.05, 3.63) is 30.4 Å². The molecule has 5 rings (SSSR count). The fourth-order valence-electron chi connectivity index (χ4n) is 4.50. The molecule has 156 valence electrons. The van der Waals surface area contributed by atoms with E-state index in [4.69, 9.17) is 23.7 Å². The number of rotatable bonds is 4. The van der Waals surface area contributed by atoms with Gasteiger partial charge in [-0.3, -0.25) is 19.2 Å². The Morgan fingerprint density at radius 2 is 1.80 bits per heavy atom. The van der Waals surface area contributed by atoms with Crippen molar-refractivity contribution in [1.29, 1.82) is 0 Å². The van der Waals surface area contributed by atoms with Gasteiger partial charge in [-0.1, -0.05) is 6.08 Å². The number of hydrogen-bond acceptors (Lipinski definition) is 9. The summed E-state index contributed by atoms with van der Waals surface area (Å²) in [4.78, 5) is 50.9. The van der Waals surface area contributed by atoms with E-state index in [-0.39, 0.29) is 6.79 Å². The van der Waals surface area contributed by atoms with Gasteiger partial charge in [0.15, 0.2) is 17.1 Å². The largest absolute Gasteiger partial charge is 0.454 e. The Hall–Kier alpha value is -3.40. The third-order valence-corrected chi connectivity index (χ3v) is 5.61. The molecule has 4 atom stereocenters. The van der Waals surface area contributed by atoms with E-state index in [0.29, 0.717) is 17.2 Å². The first-order valence-electron chi connectivity index (χ1n) is 9.31. The van der Waals surface area contributed by atoms with E-state index in [1.54, 1.807) is 24.3 Å². The van der Waals surface area contributed by atoms with Crippen molar-refractivity contribution >= 4 is 29.4 Å². The molecule has 0 saturated carbocycles. The molecule has 0 radical (unpaired) electrons. The monoisotopic (exact) mass is 415 g/mol. The molecule has 4 heterocycles. The minimum Gasteiger partial charge on any atom is -0.454 e. The molecule has 0 aromatic heterocycles. The third-order valence-electron chi connectivity index (χ3n) is 5.61. The number of ether oxygens (including phenoxy) is 5. The second-order valence-electron chi connectivity index (χ2n) is 7.40. The molecule has 30 heavy (non-hydrogen) atoms. The van der Waals surface area contributed by atoms with Gasteiger partial charge in [-0.25, -0.2) is 4.90 Å². The number of esters is 2. The van der Waals surface area contributed by atoms with Gasteiger partial charge in [0.25, 0.3) is 6.29 Å². The summed E-state index contributed by atoms with van der Waals surface area (Å²) >= 11 is 0. The fourth-order valence-corrected chi connectivity index (χ4v) is 4.50. The molecule has 4 aliphatic heterocycles. The maximum Gasteiger partial charge on any atom is 0.305 e. The zero-order valence-electron chi connectivity index (χ0n) is 16.0. The van der Waals surface area contributed by atoms with Crippen molar-refractivity contribution in [2.75, 3.05) is 11.7 Å². The molecule has 0 aliphatic carbocycles. The Labute approximate surface area is 170 Å². The molecular weight excluding hydrogens is 398 g/mol. The van der Waals surface area contributed by atoms with Gasteiger partial charge in [-0.15, -0.1) is 0 Å². The van der Waals surface area contributed by atoms with Crippen molar-refractivity contribution in [1.82, 2.24) is 0 Å². The maximum atomic E-state index is 13.4. The summed E-state index contributed by atoms with van der Waals surface area (Å²) in [5, 5.41) is 0. The van der Waals surface area contributed by atoms with Crippen molar-refractivity contribution in [2.45, 2.75) is 31.8 Å². The number of hydrogen-bond donors (Lipinski definition) is 0. The third kappa shape index (κ3) is 2.46. The van der Waals surface area contributed by atoms with Gasteiger partial charge in [-0.05, 0) is 18.2 Å². The second-order valence-corrected chi connectivity index (χ2v) is 7.40. The van der Waals surface area contributed by atoms with Crippen LogP contribution in [0.1, 0.15) is 13.8 Å². The van der Waals surface area contributed by atoms with Crippen molar-refractivity contribution in [3.8, 4) is 11.5 Å². The van der Waals surface area contributed by atoms with Gasteiger partial charge in [0.05, 0.1) is 23.6 Å². The predicted molar refractivity (Wildman–Crippen MR) is 96.1 cm³/mol. The lowest BCUT2D eigenvalue weighted by Crippen LogP contribution is -2.52. The van der Waals surface area contributed by atoms with E-state index in [1.807, 2.05) is 0 Å². The van der Waals surface area contributed by atoms with Crippen LogP contribution in [0.4, 0.5) is 5.69 Å². The number of nitrogens with zero attached hydrogens (tertiary/aromatic N) is 1. The molecule has 1 aromatic carbocycles. The minimum absolute atomic E-state index is 0.0569. The highest BCUT2D eigenvalue weighted by Gasteiger charge is 2.72. The molecule has 2 saturated heterocycles. The molecule has 0 unspecified atom stereocenters. The van der Waals surface area contributed by atoms with E-state index in [2.05, 4.69) is 0 Å². The van der Waals surface area contributed by atoms with E-state index >= 15 is 0 Å². The summed E-state index contributed by atoms with van der Waals surface area (Å²) in [6.07, 6.45) is 0.940. The Morgan fingerprint density at radius 1 is 1.10 bits per heavy atom. The van der Waals surface area contributed by atoms with Crippen LogP contribution in [0.5, 0.6) is 11.5 Å². The molecule has 0 spiro atoms. The maximum absolute atomic E-state index is 13.4. The summed E-state index contributed by atoms with van der Waals surface area (Å²) < 4.78 is 26.9. The van der Waals surface area contributed by atoms with Crippen LogP contribution < -0.4 is 14.4 Å². The quantitative estimate of drug-likeness (QED) is 0.303. The zero-order valence-corrected chi connectivity index (χ0v) is 16.0. The summed E-state index contributed by atoms with van der Waals surface area (Å²) in [5.41, 5.74) is -1.25. The highest BCUT2D eigenvalue weighted by atomic mass is 16.7. The van der Waals surface area contributed by atoms with Crippen LogP contribution in [0.25, 0.3) is 0 Å². The van der Waals surface area contributed by atoms with Gasteiger partial charge in [0, 0.05) is 19.9 Å². The Bertz CT molecular complexity index is 1000. The summed E-state index contributed by atoms with van der Waals surface area (Å²) in [6, 6.07) is 4.76. The molecule has 0 N–H and O–H groups in total. The lowest BCUT2D eigenvalue weighted by Gasteiger charge is -2.34. The number of carbonyl (C=O) groups is 4. The van der Waals surface area contributed by atoms with Crippen LogP contribution in [-0.4, -0.2) is 48.5 Å². The fraction of sp³-hybridized carbons (Fsp3) is 0.400. The smallest absolute Gasteiger partial charge is 0.305 e. The van der Waals surface area contributed by atoms with Crippen LogP contribution in [0.15, 0.2) is 30.4 Å². The number of amides is 2. The minimum atomic E-state index is -1.58. The second kappa shape index (κ2) is 6.30. The molecule has 10 nitrogen and oxygen atoms in total. The van der Waals surface area contributed by atoms with Gasteiger partial charge >= 0.3 is 11.9 Å². The number of carbonyl (C=O) groups excluding carboxylic acids is 4. The lowest BCUT2D eigenvalue weighted by atomic mass is 9.76. The normalized spacial score (nSPS) is 30.2. The van der Waals surface area contributed by atoms with E-state index in [9.17, 15) is 19.2 Å². The number of anilines is 1. The molecular formula is C20H17NO9.